The van der Waals surface area contributed by atoms with Gasteiger partial charge in [0.1, 0.15) is 5.75 Å². The lowest BCUT2D eigenvalue weighted by molar-refractivity contribution is -0.111. The lowest BCUT2D eigenvalue weighted by atomic mass is 10.2. The van der Waals surface area contributed by atoms with Gasteiger partial charge in [-0.3, -0.25) is 0 Å². The van der Waals surface area contributed by atoms with Gasteiger partial charge in [-0.15, -0.1) is 0 Å². The molecular weight excluding hydrogens is 258 g/mol. The topological polar surface area (TPSA) is 44.5 Å². The van der Waals surface area contributed by atoms with E-state index >= 15 is 0 Å². The lowest BCUT2D eigenvalue weighted by Gasteiger charge is -2.26. The fourth-order valence-electron chi connectivity index (χ4n) is 1.56. The minimum atomic E-state index is -0.137. The van der Waals surface area contributed by atoms with Gasteiger partial charge in [-0.25, -0.2) is 0 Å². The fourth-order valence-corrected chi connectivity index (χ4v) is 1.97. The number of rotatable bonds is 3. The Morgan fingerprint density at radius 2 is 2.33 bits per heavy atom. The van der Waals surface area contributed by atoms with Gasteiger partial charge in [0, 0.05) is 16.5 Å². The molecular formula is C11H14BrNO2. The molecule has 0 aromatic heterocycles. The van der Waals surface area contributed by atoms with Crippen LogP contribution in [0.1, 0.15) is 18.4 Å². The van der Waals surface area contributed by atoms with Crippen LogP contribution in [0.2, 0.25) is 0 Å². The molecule has 0 saturated heterocycles. The first-order valence-corrected chi connectivity index (χ1v) is 5.85. The highest BCUT2D eigenvalue weighted by molar-refractivity contribution is 9.10. The zero-order valence-corrected chi connectivity index (χ0v) is 10.00. The Morgan fingerprint density at radius 3 is 3.13 bits per heavy atom. The maximum Gasteiger partial charge on any atom is 0.200 e. The summed E-state index contributed by atoms with van der Waals surface area (Å²) in [5, 5.41) is 0. The summed E-state index contributed by atoms with van der Waals surface area (Å²) < 4.78 is 12.3. The van der Waals surface area contributed by atoms with E-state index in [1.807, 2.05) is 18.2 Å². The molecule has 2 N–H and O–H groups in total. The molecule has 0 saturated carbocycles. The molecule has 0 spiro atoms. The van der Waals surface area contributed by atoms with E-state index < -0.39 is 0 Å². The van der Waals surface area contributed by atoms with E-state index in [4.69, 9.17) is 15.2 Å². The molecule has 1 unspecified atom stereocenters. The van der Waals surface area contributed by atoms with Crippen LogP contribution >= 0.6 is 15.9 Å². The monoisotopic (exact) mass is 271 g/mol. The highest BCUT2D eigenvalue weighted by atomic mass is 79.9. The Balaban J connectivity index is 2.03. The van der Waals surface area contributed by atoms with E-state index in [2.05, 4.69) is 15.9 Å². The van der Waals surface area contributed by atoms with E-state index in [9.17, 15) is 0 Å². The summed E-state index contributed by atoms with van der Waals surface area (Å²) in [6.07, 6.45) is 1.64. The molecule has 1 heterocycles. The third-order valence-electron chi connectivity index (χ3n) is 2.35. The highest BCUT2D eigenvalue weighted by Crippen LogP contribution is 2.29. The number of hydrogen-bond donors (Lipinski definition) is 1. The normalized spacial score (nSPS) is 19.5. The highest BCUT2D eigenvalue weighted by Gasteiger charge is 2.19. The smallest absolute Gasteiger partial charge is 0.200 e. The number of fused-ring (bicyclic) bond motifs is 1. The fraction of sp³-hybridized carbons (Fsp3) is 0.455. The summed E-state index contributed by atoms with van der Waals surface area (Å²) in [5.74, 6) is 0.923. The van der Waals surface area contributed by atoms with Crippen LogP contribution in [0, 0.1) is 0 Å². The van der Waals surface area contributed by atoms with Crippen molar-refractivity contribution in [2.24, 2.45) is 5.73 Å². The first-order chi connectivity index (χ1) is 7.29. The third-order valence-corrected chi connectivity index (χ3v) is 2.84. The maximum atomic E-state index is 5.69. The van der Waals surface area contributed by atoms with Crippen molar-refractivity contribution in [3.8, 4) is 5.75 Å². The van der Waals surface area contributed by atoms with Crippen molar-refractivity contribution in [2.45, 2.75) is 25.7 Å². The van der Waals surface area contributed by atoms with Crippen molar-refractivity contribution in [3.05, 3.63) is 28.2 Å². The Bertz CT molecular complexity index is 343. The number of hydrogen-bond acceptors (Lipinski definition) is 3. The Labute approximate surface area is 97.7 Å². The first kappa shape index (κ1) is 10.9. The van der Waals surface area contributed by atoms with Crippen LogP contribution in [0.25, 0.3) is 0 Å². The van der Waals surface area contributed by atoms with Gasteiger partial charge in [-0.1, -0.05) is 15.9 Å². The predicted molar refractivity (Wildman–Crippen MR) is 61.6 cm³/mol. The molecule has 0 bridgehead atoms. The van der Waals surface area contributed by atoms with Crippen LogP contribution in [0.4, 0.5) is 0 Å². The second kappa shape index (κ2) is 4.96. The van der Waals surface area contributed by atoms with Gasteiger partial charge >= 0.3 is 0 Å². The van der Waals surface area contributed by atoms with Crippen LogP contribution in [-0.2, 0) is 11.3 Å². The Kier molecular flexibility index (Phi) is 3.61. The van der Waals surface area contributed by atoms with E-state index in [0.717, 1.165) is 28.6 Å². The van der Waals surface area contributed by atoms with Crippen molar-refractivity contribution >= 4 is 15.9 Å². The summed E-state index contributed by atoms with van der Waals surface area (Å²) in [4.78, 5) is 0. The molecule has 0 fully saturated rings. The molecule has 1 aliphatic rings. The predicted octanol–water partition coefficient (Wildman–Crippen LogP) is 2.42. The van der Waals surface area contributed by atoms with E-state index in [0.29, 0.717) is 13.2 Å². The molecule has 1 atom stereocenters. The van der Waals surface area contributed by atoms with Gasteiger partial charge in [0.15, 0.2) is 6.29 Å². The zero-order chi connectivity index (χ0) is 10.7. The maximum absolute atomic E-state index is 5.69. The van der Waals surface area contributed by atoms with Crippen molar-refractivity contribution in [1.82, 2.24) is 0 Å². The van der Waals surface area contributed by atoms with Crippen molar-refractivity contribution < 1.29 is 9.47 Å². The van der Waals surface area contributed by atoms with Gasteiger partial charge in [0.2, 0.25) is 0 Å². The summed E-state index contributed by atoms with van der Waals surface area (Å²) in [6, 6.07) is 5.97. The van der Waals surface area contributed by atoms with Gasteiger partial charge in [-0.2, -0.15) is 0 Å². The molecule has 1 aromatic rings. The summed E-state index contributed by atoms with van der Waals surface area (Å²) in [5.41, 5.74) is 6.53. The van der Waals surface area contributed by atoms with E-state index in [1.54, 1.807) is 0 Å². The molecule has 1 aromatic carbocycles. The molecule has 0 aliphatic carbocycles. The number of benzene rings is 1. The van der Waals surface area contributed by atoms with E-state index in [1.165, 1.54) is 0 Å². The molecule has 0 radical (unpaired) electrons. The minimum Gasteiger partial charge on any atom is -0.465 e. The van der Waals surface area contributed by atoms with E-state index in [-0.39, 0.29) is 6.29 Å². The van der Waals surface area contributed by atoms with Gasteiger partial charge in [-0.05, 0) is 31.2 Å². The molecule has 4 heteroatoms. The molecule has 2 rings (SSSR count). The van der Waals surface area contributed by atoms with Gasteiger partial charge in [0.05, 0.1) is 6.61 Å². The van der Waals surface area contributed by atoms with Gasteiger partial charge < -0.3 is 15.2 Å². The van der Waals surface area contributed by atoms with Crippen LogP contribution in [0.15, 0.2) is 22.7 Å². The van der Waals surface area contributed by atoms with Crippen molar-refractivity contribution in [1.29, 1.82) is 0 Å². The number of nitrogens with two attached hydrogens (primary N) is 1. The minimum absolute atomic E-state index is 0.137. The number of ether oxygens (including phenoxy) is 2. The second-order valence-corrected chi connectivity index (χ2v) is 4.46. The van der Waals surface area contributed by atoms with Crippen LogP contribution in [0.5, 0.6) is 5.75 Å². The third kappa shape index (κ3) is 2.71. The van der Waals surface area contributed by atoms with Crippen LogP contribution < -0.4 is 10.5 Å². The summed E-state index contributed by atoms with van der Waals surface area (Å²) in [7, 11) is 0. The summed E-state index contributed by atoms with van der Waals surface area (Å²) >= 11 is 3.42. The second-order valence-electron chi connectivity index (χ2n) is 3.54. The average molecular weight is 272 g/mol. The molecule has 0 amide bonds. The van der Waals surface area contributed by atoms with Crippen molar-refractivity contribution in [3.63, 3.8) is 0 Å². The average Bonchev–Trinajstić information content (AvgIpc) is 2.26. The number of halogens is 1. The Hall–Kier alpha value is -0.580. The lowest BCUT2D eigenvalue weighted by Crippen LogP contribution is -2.26. The largest absolute Gasteiger partial charge is 0.465 e. The molecule has 82 valence electrons. The SMILES string of the molecule is NCCCC1OCc2cc(Br)ccc2O1. The van der Waals surface area contributed by atoms with Gasteiger partial charge in [0.25, 0.3) is 0 Å². The van der Waals surface area contributed by atoms with Crippen molar-refractivity contribution in [2.75, 3.05) is 6.54 Å². The zero-order valence-electron chi connectivity index (χ0n) is 8.41. The summed E-state index contributed by atoms with van der Waals surface area (Å²) in [6.45, 7) is 1.29. The molecule has 15 heavy (non-hydrogen) atoms. The van der Waals surface area contributed by atoms with Crippen LogP contribution in [-0.4, -0.2) is 12.8 Å². The quantitative estimate of drug-likeness (QED) is 0.919. The first-order valence-electron chi connectivity index (χ1n) is 5.06. The standard InChI is InChI=1S/C11H14BrNO2/c12-9-3-4-10-8(6-9)7-14-11(15-10)2-1-5-13/h3-4,6,11H,1-2,5,7,13H2. The van der Waals surface area contributed by atoms with Crippen LogP contribution in [0.3, 0.4) is 0 Å². The molecule has 3 nitrogen and oxygen atoms in total. The Morgan fingerprint density at radius 1 is 1.47 bits per heavy atom. The molecule has 1 aliphatic heterocycles.